The van der Waals surface area contributed by atoms with Gasteiger partial charge in [0.2, 0.25) is 0 Å². The fourth-order valence-electron chi connectivity index (χ4n) is 3.25. The minimum atomic E-state index is -0.627. The lowest BCUT2D eigenvalue weighted by atomic mass is 10.1. The number of aromatic nitrogens is 2. The molecule has 0 radical (unpaired) electrons. The van der Waals surface area contributed by atoms with E-state index in [0.29, 0.717) is 38.2 Å². The van der Waals surface area contributed by atoms with E-state index in [1.54, 1.807) is 54.0 Å². The third-order valence-corrected chi connectivity index (χ3v) is 5.53. The largest absolute Gasteiger partial charge is 0.338 e. The van der Waals surface area contributed by atoms with Crippen LogP contribution in [0.1, 0.15) is 21.5 Å². The van der Waals surface area contributed by atoms with Crippen LogP contribution in [0.4, 0.5) is 5.69 Å². The van der Waals surface area contributed by atoms with E-state index in [-0.39, 0.29) is 5.91 Å². The Kier molecular flexibility index (Phi) is 6.46. The molecule has 0 atom stereocenters. The maximum atomic E-state index is 12.7. The lowest BCUT2D eigenvalue weighted by Crippen LogP contribution is -2.14. The number of hydrogen-bond donors (Lipinski definition) is 4. The first-order chi connectivity index (χ1) is 15.8. The van der Waals surface area contributed by atoms with Gasteiger partial charge >= 0.3 is 0 Å². The molecule has 0 aliphatic rings. The minimum Gasteiger partial charge on any atom is -0.338 e. The van der Waals surface area contributed by atoms with E-state index in [1.165, 1.54) is 6.08 Å². The molecule has 4 N–H and O–H groups in total. The minimum absolute atomic E-state index is 0.332. The Hall–Kier alpha value is -3.65. The molecule has 7 nitrogen and oxygen atoms in total. The highest BCUT2D eigenvalue weighted by Crippen LogP contribution is 2.31. The van der Waals surface area contributed by atoms with E-state index >= 15 is 0 Å². The normalized spacial score (nSPS) is 11.2. The molecule has 1 aromatic heterocycles. The van der Waals surface area contributed by atoms with Crippen molar-refractivity contribution in [1.29, 1.82) is 0 Å². The second-order valence-corrected chi connectivity index (χ2v) is 8.12. The first-order valence-electron chi connectivity index (χ1n) is 9.83. The second kappa shape index (κ2) is 9.46. The SMILES string of the molecule is Cc1ccc(C(=O)Nc2ccc(Cl)c(-c3nc4ccc(/C=C/C(=O)NO)cc4[nH]3)c2)c(Cl)c1. The number of hydroxylamine groups is 1. The van der Waals surface area contributed by atoms with Crippen LogP contribution in [0.15, 0.2) is 60.7 Å². The summed E-state index contributed by atoms with van der Waals surface area (Å²) in [4.78, 5) is 31.7. The molecule has 2 amide bonds. The van der Waals surface area contributed by atoms with E-state index in [0.717, 1.165) is 16.6 Å². The van der Waals surface area contributed by atoms with Crippen molar-refractivity contribution in [2.45, 2.75) is 6.92 Å². The van der Waals surface area contributed by atoms with Crippen LogP contribution in [0.2, 0.25) is 10.0 Å². The molecule has 0 spiro atoms. The van der Waals surface area contributed by atoms with E-state index in [4.69, 9.17) is 28.4 Å². The van der Waals surface area contributed by atoms with Gasteiger partial charge in [-0.3, -0.25) is 14.8 Å². The number of aryl methyl sites for hydroxylation is 1. The van der Waals surface area contributed by atoms with Gasteiger partial charge in [0.1, 0.15) is 5.82 Å². The molecule has 33 heavy (non-hydrogen) atoms. The lowest BCUT2D eigenvalue weighted by Gasteiger charge is -2.09. The Morgan fingerprint density at radius 3 is 2.61 bits per heavy atom. The number of nitrogens with zero attached hydrogens (tertiary/aromatic N) is 1. The maximum Gasteiger partial charge on any atom is 0.267 e. The average Bonchev–Trinajstić information content (AvgIpc) is 3.21. The van der Waals surface area contributed by atoms with Gasteiger partial charge in [-0.2, -0.15) is 0 Å². The number of imidazole rings is 1. The third kappa shape index (κ3) is 5.06. The third-order valence-electron chi connectivity index (χ3n) is 4.89. The number of benzene rings is 3. The van der Waals surface area contributed by atoms with Crippen LogP contribution in [-0.2, 0) is 4.79 Å². The smallest absolute Gasteiger partial charge is 0.267 e. The zero-order chi connectivity index (χ0) is 23.5. The first kappa shape index (κ1) is 22.5. The van der Waals surface area contributed by atoms with E-state index in [2.05, 4.69) is 15.3 Å². The van der Waals surface area contributed by atoms with E-state index in [9.17, 15) is 9.59 Å². The Morgan fingerprint density at radius 2 is 1.85 bits per heavy atom. The number of amides is 2. The van der Waals surface area contributed by atoms with Gasteiger partial charge in [0.05, 0.1) is 26.6 Å². The van der Waals surface area contributed by atoms with Crippen molar-refractivity contribution in [3.05, 3.63) is 87.4 Å². The van der Waals surface area contributed by atoms with Crippen molar-refractivity contribution in [3.63, 3.8) is 0 Å². The van der Waals surface area contributed by atoms with Crippen molar-refractivity contribution in [2.75, 3.05) is 5.32 Å². The Labute approximate surface area is 199 Å². The second-order valence-electron chi connectivity index (χ2n) is 7.30. The van der Waals surface area contributed by atoms with Crippen molar-refractivity contribution < 1.29 is 14.8 Å². The number of carbonyl (C=O) groups is 2. The molecule has 4 rings (SSSR count). The Morgan fingerprint density at radius 1 is 1.03 bits per heavy atom. The molecular formula is C24H18Cl2N4O3. The number of fused-ring (bicyclic) bond motifs is 1. The van der Waals surface area contributed by atoms with Crippen LogP contribution in [0.3, 0.4) is 0 Å². The highest BCUT2D eigenvalue weighted by atomic mass is 35.5. The van der Waals surface area contributed by atoms with Gasteiger partial charge in [0.15, 0.2) is 0 Å². The number of rotatable bonds is 5. The van der Waals surface area contributed by atoms with Gasteiger partial charge in [-0.1, -0.05) is 35.3 Å². The molecule has 0 aliphatic heterocycles. The van der Waals surface area contributed by atoms with Crippen LogP contribution >= 0.6 is 23.2 Å². The summed E-state index contributed by atoms with van der Waals surface area (Å²) in [5.41, 5.74) is 6.19. The van der Waals surface area contributed by atoms with Crippen molar-refractivity contribution in [1.82, 2.24) is 15.4 Å². The van der Waals surface area contributed by atoms with Gasteiger partial charge in [0.25, 0.3) is 11.8 Å². The highest BCUT2D eigenvalue weighted by Gasteiger charge is 2.14. The highest BCUT2D eigenvalue weighted by molar-refractivity contribution is 6.35. The number of halogens is 2. The number of H-pyrrole nitrogens is 1. The van der Waals surface area contributed by atoms with Crippen molar-refractivity contribution in [3.8, 4) is 11.4 Å². The Bertz CT molecular complexity index is 1410. The summed E-state index contributed by atoms with van der Waals surface area (Å²) in [6.45, 7) is 1.90. The van der Waals surface area contributed by atoms with Gasteiger partial charge in [-0.05, 0) is 66.6 Å². The van der Waals surface area contributed by atoms with Crippen LogP contribution in [0.25, 0.3) is 28.5 Å². The van der Waals surface area contributed by atoms with Crippen LogP contribution in [-0.4, -0.2) is 27.0 Å². The van der Waals surface area contributed by atoms with Crippen molar-refractivity contribution in [2.24, 2.45) is 0 Å². The molecular weight excluding hydrogens is 463 g/mol. The zero-order valence-electron chi connectivity index (χ0n) is 17.3. The predicted molar refractivity (Wildman–Crippen MR) is 130 cm³/mol. The number of anilines is 1. The summed E-state index contributed by atoms with van der Waals surface area (Å²) in [6, 6.07) is 15.7. The molecule has 0 saturated carbocycles. The molecule has 0 saturated heterocycles. The first-order valence-corrected chi connectivity index (χ1v) is 10.6. The van der Waals surface area contributed by atoms with E-state index in [1.807, 2.05) is 19.1 Å². The lowest BCUT2D eigenvalue weighted by molar-refractivity contribution is -0.124. The summed E-state index contributed by atoms with van der Waals surface area (Å²) in [7, 11) is 0. The van der Waals surface area contributed by atoms with Gasteiger partial charge in [-0.25, -0.2) is 10.5 Å². The van der Waals surface area contributed by atoms with Crippen LogP contribution < -0.4 is 10.8 Å². The molecule has 3 aromatic carbocycles. The molecule has 0 unspecified atom stereocenters. The molecule has 0 bridgehead atoms. The molecule has 4 aromatic rings. The van der Waals surface area contributed by atoms with Gasteiger partial charge < -0.3 is 10.3 Å². The average molecular weight is 481 g/mol. The number of aromatic amines is 1. The molecule has 0 aliphatic carbocycles. The molecule has 166 valence electrons. The maximum absolute atomic E-state index is 12.7. The summed E-state index contributed by atoms with van der Waals surface area (Å²) in [5.74, 6) is -0.437. The standard InChI is InChI=1S/C24H18Cl2N4O3/c1-13-2-6-16(19(26)10-13)24(32)27-15-5-7-18(25)17(12-15)23-28-20-8-3-14(11-21(20)29-23)4-9-22(31)30-33/h2-12,33H,1H3,(H,27,32)(H,28,29)(H,30,31)/b9-4+. The summed E-state index contributed by atoms with van der Waals surface area (Å²) >= 11 is 12.6. The summed E-state index contributed by atoms with van der Waals surface area (Å²) in [5, 5.41) is 12.3. The topological polar surface area (TPSA) is 107 Å². The van der Waals surface area contributed by atoms with Gasteiger partial charge in [0, 0.05) is 17.3 Å². The quantitative estimate of drug-likeness (QED) is 0.169. The number of carbonyl (C=O) groups excluding carboxylic acids is 2. The van der Waals surface area contributed by atoms with Crippen molar-refractivity contribution >= 4 is 57.8 Å². The fourth-order valence-corrected chi connectivity index (χ4v) is 3.78. The number of hydrogen-bond acceptors (Lipinski definition) is 4. The summed E-state index contributed by atoms with van der Waals surface area (Å²) < 4.78 is 0. The predicted octanol–water partition coefficient (Wildman–Crippen LogP) is 5.62. The zero-order valence-corrected chi connectivity index (χ0v) is 18.8. The monoisotopic (exact) mass is 480 g/mol. The summed E-state index contributed by atoms with van der Waals surface area (Å²) in [6.07, 6.45) is 2.77. The van der Waals surface area contributed by atoms with Gasteiger partial charge in [-0.15, -0.1) is 0 Å². The molecule has 0 fully saturated rings. The number of nitrogens with one attached hydrogen (secondary N) is 3. The van der Waals surface area contributed by atoms with Crippen LogP contribution in [0, 0.1) is 6.92 Å². The fraction of sp³-hybridized carbons (Fsp3) is 0.0417. The molecule has 9 heteroatoms. The Balaban J connectivity index is 1.62. The van der Waals surface area contributed by atoms with Crippen LogP contribution in [0.5, 0.6) is 0 Å². The molecule has 1 heterocycles. The van der Waals surface area contributed by atoms with E-state index < -0.39 is 5.91 Å².